The number of hydrogen-bond acceptors (Lipinski definition) is 5. The number of halogens is 1. The van der Waals surface area contributed by atoms with E-state index in [2.05, 4.69) is 10.3 Å². The molecular weight excluding hydrogens is 299 g/mol. The summed E-state index contributed by atoms with van der Waals surface area (Å²) in [6.45, 7) is 4.31. The largest absolute Gasteiger partial charge is 0.477 e. The predicted molar refractivity (Wildman–Crippen MR) is 86.9 cm³/mol. The summed E-state index contributed by atoms with van der Waals surface area (Å²) in [4.78, 5) is 15.6. The molecule has 0 radical (unpaired) electrons. The Balaban J connectivity index is 2.18. The molecule has 1 amide bonds. The van der Waals surface area contributed by atoms with E-state index >= 15 is 0 Å². The summed E-state index contributed by atoms with van der Waals surface area (Å²) in [5, 5.41) is 3.09. The monoisotopic (exact) mass is 324 g/mol. The predicted octanol–water partition coefficient (Wildman–Crippen LogP) is 2.04. The summed E-state index contributed by atoms with van der Waals surface area (Å²) >= 11 is 0. The van der Waals surface area contributed by atoms with E-state index in [1.807, 2.05) is 13.8 Å². The zero-order valence-electron chi connectivity index (χ0n) is 13.6. The van der Waals surface area contributed by atoms with Crippen LogP contribution in [0, 0.1) is 11.7 Å². The third-order valence-corrected chi connectivity index (χ3v) is 3.87. The minimum Gasteiger partial charge on any atom is -0.477 e. The van der Waals surface area contributed by atoms with Gasteiger partial charge in [-0.25, -0.2) is 4.39 Å². The number of carbonyl (C=O) groups is 1. The van der Waals surface area contributed by atoms with Crippen LogP contribution in [0.4, 0.5) is 10.2 Å². The number of nitrogens with zero attached hydrogens (tertiary/aromatic N) is 1. The molecule has 0 unspecified atom stereocenters. The standard InChI is InChI=1S/C16H25FN4O2/c1-9(2)8-23-16-12(14(19)22)7-13(17)15(21-16)20-11-5-3-10(18)4-6-11/h7,9-11H,3-6,8,18H2,1-2H3,(H2,19,22)(H,20,21)/t10-,11-. The summed E-state index contributed by atoms with van der Waals surface area (Å²) in [6.07, 6.45) is 3.52. The van der Waals surface area contributed by atoms with E-state index in [1.54, 1.807) is 0 Å². The fraction of sp³-hybridized carbons (Fsp3) is 0.625. The van der Waals surface area contributed by atoms with Crippen molar-refractivity contribution in [1.29, 1.82) is 0 Å². The van der Waals surface area contributed by atoms with Gasteiger partial charge in [0, 0.05) is 12.1 Å². The van der Waals surface area contributed by atoms with Crippen LogP contribution in [0.5, 0.6) is 5.88 Å². The average Bonchev–Trinajstić information content (AvgIpc) is 2.49. The van der Waals surface area contributed by atoms with E-state index in [9.17, 15) is 9.18 Å². The van der Waals surface area contributed by atoms with Gasteiger partial charge in [-0.15, -0.1) is 0 Å². The highest BCUT2D eigenvalue weighted by molar-refractivity contribution is 5.95. The third kappa shape index (κ3) is 4.79. The number of aromatic nitrogens is 1. The summed E-state index contributed by atoms with van der Waals surface area (Å²) in [5.41, 5.74) is 11.1. The first-order valence-corrected chi connectivity index (χ1v) is 8.02. The molecule has 2 rings (SSSR count). The lowest BCUT2D eigenvalue weighted by Crippen LogP contribution is -2.33. The Labute approximate surface area is 135 Å². The van der Waals surface area contributed by atoms with Gasteiger partial charge in [0.1, 0.15) is 5.56 Å². The first kappa shape index (κ1) is 17.5. The van der Waals surface area contributed by atoms with Gasteiger partial charge in [0.15, 0.2) is 11.6 Å². The molecular formula is C16H25FN4O2. The van der Waals surface area contributed by atoms with Gasteiger partial charge in [0.2, 0.25) is 5.88 Å². The van der Waals surface area contributed by atoms with Gasteiger partial charge in [-0.1, -0.05) is 13.8 Å². The van der Waals surface area contributed by atoms with Gasteiger partial charge in [-0.3, -0.25) is 4.79 Å². The molecule has 0 bridgehead atoms. The second kappa shape index (κ2) is 7.59. The van der Waals surface area contributed by atoms with Crippen molar-refractivity contribution in [3.05, 3.63) is 17.4 Å². The maximum absolute atomic E-state index is 14.2. The molecule has 128 valence electrons. The molecule has 0 atom stereocenters. The molecule has 1 heterocycles. The quantitative estimate of drug-likeness (QED) is 0.743. The minimum atomic E-state index is -0.759. The molecule has 6 nitrogen and oxygen atoms in total. The normalized spacial score (nSPS) is 21.3. The van der Waals surface area contributed by atoms with E-state index in [0.717, 1.165) is 31.7 Å². The first-order valence-electron chi connectivity index (χ1n) is 8.02. The van der Waals surface area contributed by atoms with Crippen LogP contribution in [-0.4, -0.2) is 29.6 Å². The Morgan fingerprint density at radius 2 is 2.09 bits per heavy atom. The smallest absolute Gasteiger partial charge is 0.254 e. The highest BCUT2D eigenvalue weighted by Crippen LogP contribution is 2.26. The van der Waals surface area contributed by atoms with Crippen molar-refractivity contribution in [2.45, 2.75) is 51.6 Å². The molecule has 0 saturated heterocycles. The molecule has 1 aliphatic rings. The van der Waals surface area contributed by atoms with Crippen LogP contribution in [0.25, 0.3) is 0 Å². The SMILES string of the molecule is CC(C)COc1nc(N[C@H]2CC[C@H](N)CC2)c(F)cc1C(N)=O. The number of pyridine rings is 1. The number of primary amides is 1. The lowest BCUT2D eigenvalue weighted by atomic mass is 9.92. The lowest BCUT2D eigenvalue weighted by Gasteiger charge is -2.27. The molecule has 23 heavy (non-hydrogen) atoms. The van der Waals surface area contributed by atoms with E-state index in [4.69, 9.17) is 16.2 Å². The number of rotatable bonds is 6. The van der Waals surface area contributed by atoms with Crippen LogP contribution in [-0.2, 0) is 0 Å². The van der Waals surface area contributed by atoms with Crippen molar-refractivity contribution < 1.29 is 13.9 Å². The van der Waals surface area contributed by atoms with Crippen LogP contribution in [0.1, 0.15) is 49.9 Å². The second-order valence-corrected chi connectivity index (χ2v) is 6.50. The Morgan fingerprint density at radius 3 is 2.65 bits per heavy atom. The van der Waals surface area contributed by atoms with Crippen molar-refractivity contribution >= 4 is 11.7 Å². The van der Waals surface area contributed by atoms with Crippen molar-refractivity contribution in [1.82, 2.24) is 4.98 Å². The summed E-state index contributed by atoms with van der Waals surface area (Å²) in [5.74, 6) is -0.952. The highest BCUT2D eigenvalue weighted by Gasteiger charge is 2.22. The lowest BCUT2D eigenvalue weighted by molar-refractivity contribution is 0.0994. The van der Waals surface area contributed by atoms with Crippen LogP contribution in [0.2, 0.25) is 0 Å². The molecule has 7 heteroatoms. The van der Waals surface area contributed by atoms with Gasteiger partial charge in [-0.05, 0) is 37.7 Å². The topological polar surface area (TPSA) is 103 Å². The van der Waals surface area contributed by atoms with E-state index < -0.39 is 11.7 Å². The molecule has 1 aliphatic carbocycles. The summed E-state index contributed by atoms with van der Waals surface area (Å²) in [7, 11) is 0. The Morgan fingerprint density at radius 1 is 1.43 bits per heavy atom. The van der Waals surface area contributed by atoms with E-state index in [-0.39, 0.29) is 35.3 Å². The molecule has 0 spiro atoms. The van der Waals surface area contributed by atoms with Gasteiger partial charge >= 0.3 is 0 Å². The fourth-order valence-corrected chi connectivity index (χ4v) is 2.56. The number of nitrogens with one attached hydrogen (secondary N) is 1. The van der Waals surface area contributed by atoms with Gasteiger partial charge in [-0.2, -0.15) is 4.98 Å². The maximum Gasteiger partial charge on any atom is 0.254 e. The Bertz CT molecular complexity index is 557. The zero-order chi connectivity index (χ0) is 17.0. The number of anilines is 1. The van der Waals surface area contributed by atoms with Crippen LogP contribution in [0.15, 0.2) is 6.07 Å². The third-order valence-electron chi connectivity index (χ3n) is 3.87. The minimum absolute atomic E-state index is 0.0423. The van der Waals surface area contributed by atoms with Gasteiger partial charge < -0.3 is 21.5 Å². The van der Waals surface area contributed by atoms with Crippen LogP contribution >= 0.6 is 0 Å². The number of carbonyl (C=O) groups excluding carboxylic acids is 1. The van der Waals surface area contributed by atoms with Crippen molar-refractivity contribution in [2.24, 2.45) is 17.4 Å². The molecule has 1 fully saturated rings. The molecule has 1 aromatic heterocycles. The fourth-order valence-electron chi connectivity index (χ4n) is 2.56. The van der Waals surface area contributed by atoms with Crippen molar-refractivity contribution in [3.63, 3.8) is 0 Å². The maximum atomic E-state index is 14.2. The van der Waals surface area contributed by atoms with Crippen LogP contribution < -0.4 is 21.5 Å². The molecule has 0 aliphatic heterocycles. The number of amides is 1. The van der Waals surface area contributed by atoms with Crippen LogP contribution in [0.3, 0.4) is 0 Å². The molecule has 0 aromatic carbocycles. The van der Waals surface area contributed by atoms with Crippen molar-refractivity contribution in [2.75, 3.05) is 11.9 Å². The number of ether oxygens (including phenoxy) is 1. The van der Waals surface area contributed by atoms with Crippen molar-refractivity contribution in [3.8, 4) is 5.88 Å². The summed E-state index contributed by atoms with van der Waals surface area (Å²) in [6, 6.07) is 1.42. The number of nitrogens with two attached hydrogens (primary N) is 2. The number of hydrogen-bond donors (Lipinski definition) is 3. The first-order chi connectivity index (χ1) is 10.9. The molecule has 1 aromatic rings. The van der Waals surface area contributed by atoms with Gasteiger partial charge in [0.05, 0.1) is 6.61 Å². The Kier molecular flexibility index (Phi) is 5.76. The highest BCUT2D eigenvalue weighted by atomic mass is 19.1. The Hall–Kier alpha value is -1.89. The second-order valence-electron chi connectivity index (χ2n) is 6.50. The van der Waals surface area contributed by atoms with Gasteiger partial charge in [0.25, 0.3) is 5.91 Å². The summed E-state index contributed by atoms with van der Waals surface area (Å²) < 4.78 is 19.7. The molecule has 1 saturated carbocycles. The molecule has 5 N–H and O–H groups in total. The zero-order valence-corrected chi connectivity index (χ0v) is 13.6. The van der Waals surface area contributed by atoms with E-state index in [1.165, 1.54) is 0 Å². The average molecular weight is 324 g/mol. The van der Waals surface area contributed by atoms with E-state index in [0.29, 0.717) is 6.61 Å².